The summed E-state index contributed by atoms with van der Waals surface area (Å²) in [6.07, 6.45) is 1.65. The predicted octanol–water partition coefficient (Wildman–Crippen LogP) is 1.61. The van der Waals surface area contributed by atoms with E-state index in [0.717, 1.165) is 5.69 Å². The van der Waals surface area contributed by atoms with Gasteiger partial charge in [-0.25, -0.2) is 4.98 Å². The summed E-state index contributed by atoms with van der Waals surface area (Å²) in [5.74, 6) is 0.701. The summed E-state index contributed by atoms with van der Waals surface area (Å²) >= 11 is 0. The van der Waals surface area contributed by atoms with Crippen molar-refractivity contribution in [2.24, 2.45) is 10.2 Å². The van der Waals surface area contributed by atoms with Gasteiger partial charge in [0.2, 0.25) is 5.82 Å². The number of hydrogen-bond acceptors (Lipinski definition) is 3. The maximum atomic E-state index is 3.87. The molecule has 3 heteroatoms. The zero-order valence-corrected chi connectivity index (χ0v) is 4.00. The van der Waals surface area contributed by atoms with Crippen LogP contribution in [0.1, 0.15) is 0 Å². The lowest BCUT2D eigenvalue weighted by Crippen LogP contribution is -1.79. The molecule has 0 aromatic carbocycles. The largest absolute Gasteiger partial charge is 0.234 e. The number of aromatic nitrogens is 1. The maximum Gasteiger partial charge on any atom is 0.202 e. The van der Waals surface area contributed by atoms with Gasteiger partial charge in [-0.15, -0.1) is 10.2 Å². The Labute approximate surface area is 46.1 Å². The van der Waals surface area contributed by atoms with Gasteiger partial charge in [-0.3, -0.25) is 0 Å². The molecule has 0 N–H and O–H groups in total. The fraction of sp³-hybridized carbons (Fsp3) is 0. The van der Waals surface area contributed by atoms with Crippen molar-refractivity contribution in [3.63, 3.8) is 0 Å². The van der Waals surface area contributed by atoms with Crippen LogP contribution in [0, 0.1) is 6.07 Å². The Hall–Kier alpha value is -1.25. The van der Waals surface area contributed by atoms with Crippen LogP contribution in [0.3, 0.4) is 0 Å². The minimum absolute atomic E-state index is 0.701. The summed E-state index contributed by atoms with van der Waals surface area (Å²) in [6, 6.07) is 4.58. The Morgan fingerprint density at radius 2 is 2.38 bits per heavy atom. The molecule has 8 heavy (non-hydrogen) atoms. The molecule has 37 valence electrons. The molecule has 3 nitrogen and oxygen atoms in total. The fourth-order valence-electron chi connectivity index (χ4n) is 0.549. The van der Waals surface area contributed by atoms with Gasteiger partial charge in [0, 0.05) is 12.3 Å². The normalized spacial score (nSPS) is 12.5. The molecule has 2 heterocycles. The molecule has 1 aliphatic rings. The molecule has 0 unspecified atom stereocenters. The third-order valence-corrected chi connectivity index (χ3v) is 0.948. The second kappa shape index (κ2) is 1.12. The summed E-state index contributed by atoms with van der Waals surface area (Å²) < 4.78 is 0. The van der Waals surface area contributed by atoms with Crippen molar-refractivity contribution >= 4 is 11.5 Å². The lowest BCUT2D eigenvalue weighted by atomic mass is 10.4. The highest BCUT2D eigenvalue weighted by atomic mass is 15.2. The molecule has 0 bridgehead atoms. The monoisotopic (exact) mass is 104 g/mol. The van der Waals surface area contributed by atoms with Crippen molar-refractivity contribution in [3.05, 3.63) is 18.3 Å². The number of nitrogens with zero attached hydrogens (tertiary/aromatic N) is 3. The predicted molar refractivity (Wildman–Crippen MR) is 27.2 cm³/mol. The van der Waals surface area contributed by atoms with Crippen LogP contribution >= 0.6 is 0 Å². The number of rotatable bonds is 0. The Morgan fingerprint density at radius 1 is 1.38 bits per heavy atom. The number of pyridine rings is 1. The minimum Gasteiger partial charge on any atom is -0.234 e. The Bertz CT molecular complexity index is 216. The van der Waals surface area contributed by atoms with E-state index < -0.39 is 0 Å². The standard InChI is InChI=1S/C5H2N3/c1-2-4-5(6-3-1)8-7-4/h1,3H. The summed E-state index contributed by atoms with van der Waals surface area (Å²) in [7, 11) is 0. The van der Waals surface area contributed by atoms with Gasteiger partial charge in [0.15, 0.2) is 0 Å². The average molecular weight is 104 g/mol. The molecule has 1 radical (unpaired) electrons. The zero-order valence-electron chi connectivity index (χ0n) is 4.00. The topological polar surface area (TPSA) is 37.6 Å². The summed E-state index contributed by atoms with van der Waals surface area (Å²) in [4.78, 5) is 3.87. The van der Waals surface area contributed by atoms with E-state index in [1.54, 1.807) is 12.3 Å². The van der Waals surface area contributed by atoms with E-state index in [0.29, 0.717) is 5.82 Å². The SMILES string of the molecule is [c]1ccnc2c1N=N2. The van der Waals surface area contributed by atoms with E-state index in [-0.39, 0.29) is 0 Å². The lowest BCUT2D eigenvalue weighted by Gasteiger charge is -2.01. The third kappa shape index (κ3) is 0.307. The molecule has 0 spiro atoms. The van der Waals surface area contributed by atoms with E-state index in [9.17, 15) is 0 Å². The van der Waals surface area contributed by atoms with Crippen molar-refractivity contribution < 1.29 is 0 Å². The molecule has 1 aromatic rings. The highest BCUT2D eigenvalue weighted by molar-refractivity contribution is 5.59. The van der Waals surface area contributed by atoms with Gasteiger partial charge in [0.05, 0.1) is 0 Å². The Kier molecular flexibility index (Phi) is 0.521. The van der Waals surface area contributed by atoms with Crippen LogP contribution in [0.4, 0.5) is 11.5 Å². The van der Waals surface area contributed by atoms with Crippen molar-refractivity contribution in [2.45, 2.75) is 0 Å². The molecule has 0 aliphatic carbocycles. The van der Waals surface area contributed by atoms with E-state index in [1.807, 2.05) is 0 Å². The van der Waals surface area contributed by atoms with Crippen molar-refractivity contribution in [3.8, 4) is 0 Å². The molecule has 0 saturated carbocycles. The first-order valence-corrected chi connectivity index (χ1v) is 2.25. The van der Waals surface area contributed by atoms with E-state index in [2.05, 4.69) is 21.3 Å². The van der Waals surface area contributed by atoms with Crippen molar-refractivity contribution in [1.82, 2.24) is 4.98 Å². The zero-order chi connectivity index (χ0) is 5.40. The summed E-state index contributed by atoms with van der Waals surface area (Å²) in [6.45, 7) is 0. The van der Waals surface area contributed by atoms with Gasteiger partial charge in [-0.2, -0.15) is 0 Å². The second-order valence-corrected chi connectivity index (χ2v) is 1.46. The molecular weight excluding hydrogens is 102 g/mol. The number of azo groups is 1. The molecule has 0 amide bonds. The summed E-state index contributed by atoms with van der Waals surface area (Å²) in [5.41, 5.74) is 0.771. The van der Waals surface area contributed by atoms with Crippen LogP contribution in [-0.2, 0) is 0 Å². The van der Waals surface area contributed by atoms with E-state index in [1.165, 1.54) is 0 Å². The van der Waals surface area contributed by atoms with Crippen LogP contribution in [0.2, 0.25) is 0 Å². The van der Waals surface area contributed by atoms with Crippen molar-refractivity contribution in [2.75, 3.05) is 0 Å². The van der Waals surface area contributed by atoms with Gasteiger partial charge in [0.1, 0.15) is 5.69 Å². The average Bonchev–Trinajstić information content (AvgIpc) is 1.72. The molecular formula is C5H2N3. The third-order valence-electron chi connectivity index (χ3n) is 0.948. The lowest BCUT2D eigenvalue weighted by molar-refractivity contribution is 1.06. The Morgan fingerprint density at radius 3 is 2.75 bits per heavy atom. The molecule has 0 atom stereocenters. The van der Waals surface area contributed by atoms with Gasteiger partial charge in [-0.05, 0) is 6.07 Å². The van der Waals surface area contributed by atoms with Gasteiger partial charge in [-0.1, -0.05) is 0 Å². The highest BCUT2D eigenvalue weighted by Gasteiger charge is 2.07. The first-order chi connectivity index (χ1) is 3.97. The van der Waals surface area contributed by atoms with E-state index in [4.69, 9.17) is 0 Å². The maximum absolute atomic E-state index is 3.87. The molecule has 0 saturated heterocycles. The summed E-state index contributed by atoms with van der Waals surface area (Å²) in [5, 5.41) is 7.25. The van der Waals surface area contributed by atoms with Crippen LogP contribution in [0.25, 0.3) is 0 Å². The van der Waals surface area contributed by atoms with Crippen LogP contribution in [0.15, 0.2) is 22.5 Å². The van der Waals surface area contributed by atoms with Gasteiger partial charge < -0.3 is 0 Å². The minimum atomic E-state index is 0.701. The Balaban J connectivity index is 2.69. The quantitative estimate of drug-likeness (QED) is 0.500. The first-order valence-electron chi connectivity index (χ1n) is 2.25. The number of fused-ring (bicyclic) bond motifs is 1. The fourth-order valence-corrected chi connectivity index (χ4v) is 0.549. The first kappa shape index (κ1) is 3.72. The van der Waals surface area contributed by atoms with Crippen LogP contribution in [0.5, 0.6) is 0 Å². The number of hydrogen-bond donors (Lipinski definition) is 0. The highest BCUT2D eigenvalue weighted by Crippen LogP contribution is 2.33. The van der Waals surface area contributed by atoms with Crippen LogP contribution < -0.4 is 0 Å². The van der Waals surface area contributed by atoms with Crippen LogP contribution in [-0.4, -0.2) is 4.98 Å². The van der Waals surface area contributed by atoms with Gasteiger partial charge in [0.25, 0.3) is 0 Å². The molecule has 1 aromatic heterocycles. The smallest absolute Gasteiger partial charge is 0.202 e. The van der Waals surface area contributed by atoms with Crippen molar-refractivity contribution in [1.29, 1.82) is 0 Å². The molecule has 0 fully saturated rings. The van der Waals surface area contributed by atoms with Gasteiger partial charge >= 0.3 is 0 Å². The molecule has 1 aliphatic heterocycles. The second-order valence-electron chi connectivity index (χ2n) is 1.46. The molecule has 2 rings (SSSR count). The van der Waals surface area contributed by atoms with E-state index >= 15 is 0 Å².